The van der Waals surface area contributed by atoms with E-state index in [1.807, 2.05) is 61.5 Å². The summed E-state index contributed by atoms with van der Waals surface area (Å²) < 4.78 is 0.945. The topological polar surface area (TPSA) is 41.1 Å². The molecule has 0 aliphatic carbocycles. The molecular weight excluding hydrogens is 316 g/mol. The number of rotatable bonds is 5. The van der Waals surface area contributed by atoms with Crippen LogP contribution in [0, 0.1) is 0 Å². The van der Waals surface area contributed by atoms with Crippen molar-refractivity contribution in [1.82, 2.24) is 5.32 Å². The Hall–Kier alpha value is -1.65. The van der Waals surface area contributed by atoms with Crippen molar-refractivity contribution in [2.75, 3.05) is 11.9 Å². The smallest absolute Gasteiger partial charge is 0.238 e. The molecule has 2 N–H and O–H groups in total. The molecule has 0 aliphatic heterocycles. The molecule has 0 spiro atoms. The molecular formula is C16H17BrN2O. The van der Waals surface area contributed by atoms with Crippen LogP contribution in [0.3, 0.4) is 0 Å². The van der Waals surface area contributed by atoms with Crippen molar-refractivity contribution >= 4 is 27.5 Å². The Bertz CT molecular complexity index is 572. The van der Waals surface area contributed by atoms with Crippen LogP contribution >= 0.6 is 15.9 Å². The van der Waals surface area contributed by atoms with Gasteiger partial charge in [0.25, 0.3) is 0 Å². The van der Waals surface area contributed by atoms with E-state index in [9.17, 15) is 4.79 Å². The van der Waals surface area contributed by atoms with E-state index in [1.165, 1.54) is 5.56 Å². The van der Waals surface area contributed by atoms with Crippen molar-refractivity contribution < 1.29 is 4.79 Å². The zero-order valence-corrected chi connectivity index (χ0v) is 12.9. The lowest BCUT2D eigenvalue weighted by atomic mass is 10.1. The van der Waals surface area contributed by atoms with Gasteiger partial charge >= 0.3 is 0 Å². The van der Waals surface area contributed by atoms with E-state index in [0.29, 0.717) is 0 Å². The highest BCUT2D eigenvalue weighted by Gasteiger charge is 2.07. The third-order valence-corrected chi connectivity index (χ3v) is 3.47. The van der Waals surface area contributed by atoms with E-state index in [2.05, 4.69) is 26.6 Å². The number of benzene rings is 2. The first-order chi connectivity index (χ1) is 9.65. The summed E-state index contributed by atoms with van der Waals surface area (Å²) in [6.45, 7) is 2.32. The summed E-state index contributed by atoms with van der Waals surface area (Å²) in [4.78, 5) is 11.9. The van der Waals surface area contributed by atoms with Crippen LogP contribution in [0.25, 0.3) is 0 Å². The summed E-state index contributed by atoms with van der Waals surface area (Å²) >= 11 is 3.38. The molecule has 0 bridgehead atoms. The Labute approximate surface area is 127 Å². The van der Waals surface area contributed by atoms with E-state index in [-0.39, 0.29) is 18.5 Å². The molecule has 2 rings (SSSR count). The number of hydrogen-bond donors (Lipinski definition) is 2. The Morgan fingerprint density at radius 2 is 1.90 bits per heavy atom. The van der Waals surface area contributed by atoms with Crippen LogP contribution < -0.4 is 10.6 Å². The molecule has 2 aromatic rings. The molecule has 4 heteroatoms. The fraction of sp³-hybridized carbons (Fsp3) is 0.188. The van der Waals surface area contributed by atoms with E-state index in [0.717, 1.165) is 10.2 Å². The lowest BCUT2D eigenvalue weighted by molar-refractivity contribution is -0.115. The molecule has 0 fully saturated rings. The molecule has 3 nitrogen and oxygen atoms in total. The fourth-order valence-corrected chi connectivity index (χ4v) is 2.28. The average molecular weight is 333 g/mol. The highest BCUT2D eigenvalue weighted by atomic mass is 79.9. The van der Waals surface area contributed by atoms with Gasteiger partial charge in [0, 0.05) is 16.2 Å². The molecule has 0 unspecified atom stereocenters. The molecule has 0 saturated heterocycles. The standard InChI is InChI=1S/C16H17BrN2O/c1-12(13-6-3-2-4-7-13)18-11-16(20)19-15-9-5-8-14(17)10-15/h2-10,12,18H,11H2,1H3,(H,19,20)/t12-/m1/s1. The van der Waals surface area contributed by atoms with Crippen LogP contribution in [0.15, 0.2) is 59.1 Å². The predicted molar refractivity (Wildman–Crippen MR) is 85.6 cm³/mol. The molecule has 0 aromatic heterocycles. The minimum absolute atomic E-state index is 0.0501. The minimum atomic E-state index is -0.0501. The van der Waals surface area contributed by atoms with Gasteiger partial charge in [-0.1, -0.05) is 52.3 Å². The maximum atomic E-state index is 11.9. The number of hydrogen-bond acceptors (Lipinski definition) is 2. The number of anilines is 1. The van der Waals surface area contributed by atoms with Crippen LogP contribution in [-0.2, 0) is 4.79 Å². The third kappa shape index (κ3) is 4.47. The average Bonchev–Trinajstić information content (AvgIpc) is 2.46. The Morgan fingerprint density at radius 1 is 1.15 bits per heavy atom. The largest absolute Gasteiger partial charge is 0.325 e. The summed E-state index contributed by atoms with van der Waals surface area (Å²) in [7, 11) is 0. The number of carbonyl (C=O) groups is 1. The van der Waals surface area contributed by atoms with Gasteiger partial charge in [-0.15, -0.1) is 0 Å². The van der Waals surface area contributed by atoms with Gasteiger partial charge in [0.1, 0.15) is 0 Å². The van der Waals surface area contributed by atoms with E-state index >= 15 is 0 Å². The molecule has 0 aliphatic rings. The van der Waals surface area contributed by atoms with Crippen LogP contribution in [-0.4, -0.2) is 12.5 Å². The lowest BCUT2D eigenvalue weighted by Crippen LogP contribution is -2.30. The molecule has 0 heterocycles. The Morgan fingerprint density at radius 3 is 2.60 bits per heavy atom. The molecule has 20 heavy (non-hydrogen) atoms. The molecule has 104 valence electrons. The van der Waals surface area contributed by atoms with Gasteiger partial charge < -0.3 is 10.6 Å². The second-order valence-electron chi connectivity index (χ2n) is 4.57. The SMILES string of the molecule is C[C@@H](NCC(=O)Nc1cccc(Br)c1)c1ccccc1. The minimum Gasteiger partial charge on any atom is -0.325 e. The van der Waals surface area contributed by atoms with E-state index in [4.69, 9.17) is 0 Å². The predicted octanol–water partition coefficient (Wildman–Crippen LogP) is 3.74. The van der Waals surface area contributed by atoms with Gasteiger partial charge in [-0.3, -0.25) is 4.79 Å². The third-order valence-electron chi connectivity index (χ3n) is 2.98. The van der Waals surface area contributed by atoms with Gasteiger partial charge in [-0.25, -0.2) is 0 Å². The summed E-state index contributed by atoms with van der Waals surface area (Å²) in [5.41, 5.74) is 1.96. The maximum Gasteiger partial charge on any atom is 0.238 e. The second kappa shape index (κ2) is 7.22. The lowest BCUT2D eigenvalue weighted by Gasteiger charge is -2.14. The Kier molecular flexibility index (Phi) is 5.32. The Balaban J connectivity index is 1.83. The molecule has 2 aromatic carbocycles. The monoisotopic (exact) mass is 332 g/mol. The number of amides is 1. The molecule has 0 saturated carbocycles. The van der Waals surface area contributed by atoms with E-state index < -0.39 is 0 Å². The van der Waals surface area contributed by atoms with Crippen molar-refractivity contribution in [3.8, 4) is 0 Å². The van der Waals surface area contributed by atoms with Crippen molar-refractivity contribution in [3.63, 3.8) is 0 Å². The van der Waals surface area contributed by atoms with Crippen LogP contribution in [0.2, 0.25) is 0 Å². The molecule has 1 amide bonds. The maximum absolute atomic E-state index is 11.9. The highest BCUT2D eigenvalue weighted by Crippen LogP contribution is 2.15. The van der Waals surface area contributed by atoms with Crippen molar-refractivity contribution in [2.45, 2.75) is 13.0 Å². The number of nitrogens with one attached hydrogen (secondary N) is 2. The quantitative estimate of drug-likeness (QED) is 0.875. The second-order valence-corrected chi connectivity index (χ2v) is 5.49. The highest BCUT2D eigenvalue weighted by molar-refractivity contribution is 9.10. The summed E-state index contributed by atoms with van der Waals surface area (Å²) in [5, 5.41) is 6.07. The van der Waals surface area contributed by atoms with Gasteiger partial charge in [-0.2, -0.15) is 0 Å². The van der Waals surface area contributed by atoms with Crippen molar-refractivity contribution in [3.05, 3.63) is 64.6 Å². The van der Waals surface area contributed by atoms with Crippen molar-refractivity contribution in [2.24, 2.45) is 0 Å². The summed E-state index contributed by atoms with van der Waals surface area (Å²) in [6, 6.07) is 17.8. The van der Waals surface area contributed by atoms with Gasteiger partial charge in [-0.05, 0) is 30.7 Å². The van der Waals surface area contributed by atoms with Gasteiger partial charge in [0.2, 0.25) is 5.91 Å². The van der Waals surface area contributed by atoms with Crippen molar-refractivity contribution in [1.29, 1.82) is 0 Å². The van der Waals surface area contributed by atoms with Gasteiger partial charge in [0.05, 0.1) is 6.54 Å². The normalized spacial score (nSPS) is 11.9. The summed E-state index contributed by atoms with van der Waals surface area (Å²) in [6.07, 6.45) is 0. The fourth-order valence-electron chi connectivity index (χ4n) is 1.88. The first-order valence-corrected chi connectivity index (χ1v) is 7.28. The molecule has 0 radical (unpaired) electrons. The van der Waals surface area contributed by atoms with Gasteiger partial charge in [0.15, 0.2) is 0 Å². The molecule has 1 atom stereocenters. The van der Waals surface area contributed by atoms with Crippen LogP contribution in [0.1, 0.15) is 18.5 Å². The zero-order chi connectivity index (χ0) is 14.4. The van der Waals surface area contributed by atoms with Crippen LogP contribution in [0.5, 0.6) is 0 Å². The number of halogens is 1. The first kappa shape index (κ1) is 14.8. The van der Waals surface area contributed by atoms with E-state index in [1.54, 1.807) is 0 Å². The first-order valence-electron chi connectivity index (χ1n) is 6.49. The number of carbonyl (C=O) groups excluding carboxylic acids is 1. The zero-order valence-electron chi connectivity index (χ0n) is 11.3. The summed E-state index contributed by atoms with van der Waals surface area (Å²) in [5.74, 6) is -0.0501. The van der Waals surface area contributed by atoms with Crippen LogP contribution in [0.4, 0.5) is 5.69 Å².